The van der Waals surface area contributed by atoms with E-state index >= 15 is 0 Å². The van der Waals surface area contributed by atoms with Crippen molar-refractivity contribution in [2.24, 2.45) is 0 Å². The lowest BCUT2D eigenvalue weighted by atomic mass is 10.3. The van der Waals surface area contributed by atoms with E-state index in [1.165, 1.54) is 12.1 Å². The monoisotopic (exact) mass is 391 g/mol. The molecule has 1 aliphatic rings. The van der Waals surface area contributed by atoms with E-state index in [9.17, 15) is 4.39 Å². The normalized spacial score (nSPS) is 16.9. The number of halogens is 2. The molecule has 2 aromatic heterocycles. The number of hydrogen-bond acceptors (Lipinski definition) is 5. The van der Waals surface area contributed by atoms with Gasteiger partial charge in [0.1, 0.15) is 12.4 Å². The molecule has 0 saturated carbocycles. The van der Waals surface area contributed by atoms with Crippen molar-refractivity contribution < 1.29 is 13.9 Å². The molecule has 0 aliphatic carbocycles. The van der Waals surface area contributed by atoms with Gasteiger partial charge in [-0.05, 0) is 24.6 Å². The van der Waals surface area contributed by atoms with Gasteiger partial charge in [-0.1, -0.05) is 11.6 Å². The SMILES string of the molecule is Fc1ccc(-n2nc(CCn3ccnc3)nc2CO[C@H]2CCOC2)cc1Cl. The second-order valence-electron chi connectivity index (χ2n) is 6.30. The van der Waals surface area contributed by atoms with Crippen LogP contribution in [0, 0.1) is 5.82 Å². The molecule has 0 spiro atoms. The second-order valence-corrected chi connectivity index (χ2v) is 6.71. The van der Waals surface area contributed by atoms with Crippen LogP contribution in [0.25, 0.3) is 5.69 Å². The minimum atomic E-state index is -0.471. The third kappa shape index (κ3) is 4.35. The lowest BCUT2D eigenvalue weighted by Crippen LogP contribution is -2.14. The molecule has 0 N–H and O–H groups in total. The van der Waals surface area contributed by atoms with E-state index in [-0.39, 0.29) is 11.1 Å². The topological polar surface area (TPSA) is 67.0 Å². The summed E-state index contributed by atoms with van der Waals surface area (Å²) in [5.74, 6) is 0.845. The standard InChI is InChI=1S/C18H19ClFN5O2/c19-15-9-13(1-2-16(15)20)25-18(11-27-14-4-8-26-10-14)22-17(23-25)3-6-24-7-5-21-12-24/h1-2,5,7,9,12,14H,3-4,6,8,10-11H2/t14-/m0/s1. The van der Waals surface area contributed by atoms with Crippen LogP contribution in [0.15, 0.2) is 36.9 Å². The van der Waals surface area contributed by atoms with Gasteiger partial charge in [-0.2, -0.15) is 5.10 Å². The summed E-state index contributed by atoms with van der Waals surface area (Å²) in [5, 5.41) is 4.62. The fourth-order valence-electron chi connectivity index (χ4n) is 2.90. The van der Waals surface area contributed by atoms with Crippen LogP contribution >= 0.6 is 11.6 Å². The van der Waals surface area contributed by atoms with E-state index in [0.717, 1.165) is 6.42 Å². The summed E-state index contributed by atoms with van der Waals surface area (Å²) in [6.45, 7) is 2.30. The zero-order valence-electron chi connectivity index (χ0n) is 14.6. The molecular weight excluding hydrogens is 373 g/mol. The summed E-state index contributed by atoms with van der Waals surface area (Å²) in [6.07, 6.45) is 6.93. The zero-order valence-corrected chi connectivity index (χ0v) is 15.3. The average molecular weight is 392 g/mol. The van der Waals surface area contributed by atoms with Gasteiger partial charge in [0.05, 0.1) is 29.7 Å². The maximum Gasteiger partial charge on any atom is 0.158 e. The fourth-order valence-corrected chi connectivity index (χ4v) is 3.07. The molecule has 1 fully saturated rings. The summed E-state index contributed by atoms with van der Waals surface area (Å²) >= 11 is 5.94. The van der Waals surface area contributed by atoms with Crippen molar-refractivity contribution in [2.75, 3.05) is 13.2 Å². The van der Waals surface area contributed by atoms with E-state index in [1.54, 1.807) is 23.3 Å². The van der Waals surface area contributed by atoms with E-state index in [1.807, 2.05) is 10.8 Å². The molecule has 1 aromatic carbocycles. The Bertz CT molecular complexity index is 893. The Morgan fingerprint density at radius 1 is 1.37 bits per heavy atom. The Balaban J connectivity index is 1.56. The minimum Gasteiger partial charge on any atom is -0.379 e. The number of benzene rings is 1. The number of nitrogens with zero attached hydrogens (tertiary/aromatic N) is 5. The molecule has 4 rings (SSSR count). The Kier molecular flexibility index (Phi) is 5.47. The number of ether oxygens (including phenoxy) is 2. The first-order valence-electron chi connectivity index (χ1n) is 8.74. The predicted octanol–water partition coefficient (Wildman–Crippen LogP) is 2.80. The van der Waals surface area contributed by atoms with Crippen molar-refractivity contribution in [3.8, 4) is 5.69 Å². The van der Waals surface area contributed by atoms with Crippen LogP contribution in [0.2, 0.25) is 5.02 Å². The lowest BCUT2D eigenvalue weighted by Gasteiger charge is -2.10. The van der Waals surface area contributed by atoms with Crippen molar-refractivity contribution in [1.29, 1.82) is 0 Å². The van der Waals surface area contributed by atoms with Crippen molar-refractivity contribution >= 4 is 11.6 Å². The largest absolute Gasteiger partial charge is 0.379 e. The van der Waals surface area contributed by atoms with Gasteiger partial charge in [0.2, 0.25) is 0 Å². The van der Waals surface area contributed by atoms with Gasteiger partial charge in [-0.3, -0.25) is 0 Å². The molecule has 1 atom stereocenters. The summed E-state index contributed by atoms with van der Waals surface area (Å²) in [4.78, 5) is 8.65. The number of hydrogen-bond donors (Lipinski definition) is 0. The fraction of sp³-hybridized carbons (Fsp3) is 0.389. The van der Waals surface area contributed by atoms with Crippen molar-refractivity contribution in [3.63, 3.8) is 0 Å². The van der Waals surface area contributed by atoms with Crippen LogP contribution in [0.4, 0.5) is 4.39 Å². The highest BCUT2D eigenvalue weighted by molar-refractivity contribution is 6.30. The van der Waals surface area contributed by atoms with Gasteiger partial charge in [0.15, 0.2) is 11.6 Å². The quantitative estimate of drug-likeness (QED) is 0.619. The molecule has 3 aromatic rings. The first-order chi connectivity index (χ1) is 13.2. The Labute approximate surface area is 160 Å². The number of aromatic nitrogens is 5. The molecule has 0 bridgehead atoms. The predicted molar refractivity (Wildman–Crippen MR) is 96.3 cm³/mol. The molecule has 0 unspecified atom stereocenters. The summed E-state index contributed by atoms with van der Waals surface area (Å²) in [6, 6.07) is 4.48. The number of imidazole rings is 1. The van der Waals surface area contributed by atoms with Crippen molar-refractivity contribution in [3.05, 3.63) is 59.4 Å². The highest BCUT2D eigenvalue weighted by Gasteiger charge is 2.19. The molecule has 1 aliphatic heterocycles. The van der Waals surface area contributed by atoms with Crippen LogP contribution in [0.1, 0.15) is 18.1 Å². The molecule has 0 radical (unpaired) electrons. The van der Waals surface area contributed by atoms with Crippen molar-refractivity contribution in [1.82, 2.24) is 24.3 Å². The van der Waals surface area contributed by atoms with Gasteiger partial charge in [0, 0.05) is 32.0 Å². The lowest BCUT2D eigenvalue weighted by molar-refractivity contribution is 0.0276. The van der Waals surface area contributed by atoms with Crippen molar-refractivity contribution in [2.45, 2.75) is 32.1 Å². The molecule has 142 valence electrons. The first kappa shape index (κ1) is 18.1. The average Bonchev–Trinajstić information content (AvgIpc) is 3.42. The maximum atomic E-state index is 13.5. The zero-order chi connectivity index (χ0) is 18.6. The summed E-state index contributed by atoms with van der Waals surface area (Å²) in [7, 11) is 0. The molecular formula is C18H19ClFN5O2. The smallest absolute Gasteiger partial charge is 0.158 e. The molecule has 1 saturated heterocycles. The molecule has 3 heterocycles. The van der Waals surface area contributed by atoms with Crippen LogP contribution in [-0.4, -0.2) is 43.6 Å². The molecule has 7 nitrogen and oxygen atoms in total. The molecule has 9 heteroatoms. The Morgan fingerprint density at radius 3 is 3.04 bits per heavy atom. The van der Waals surface area contributed by atoms with E-state index in [0.29, 0.717) is 50.1 Å². The maximum absolute atomic E-state index is 13.5. The van der Waals surface area contributed by atoms with Gasteiger partial charge in [-0.15, -0.1) is 0 Å². The van der Waals surface area contributed by atoms with Crippen LogP contribution < -0.4 is 0 Å². The highest BCUT2D eigenvalue weighted by atomic mass is 35.5. The van der Waals surface area contributed by atoms with Gasteiger partial charge < -0.3 is 14.0 Å². The highest BCUT2D eigenvalue weighted by Crippen LogP contribution is 2.20. The minimum absolute atomic E-state index is 0.0408. The van der Waals surface area contributed by atoms with Crippen LogP contribution in [-0.2, 0) is 29.0 Å². The van der Waals surface area contributed by atoms with Gasteiger partial charge in [-0.25, -0.2) is 19.0 Å². The van der Waals surface area contributed by atoms with Crippen LogP contribution in [0.3, 0.4) is 0 Å². The summed E-state index contributed by atoms with van der Waals surface area (Å²) in [5.41, 5.74) is 0.643. The molecule has 0 amide bonds. The van der Waals surface area contributed by atoms with Crippen LogP contribution in [0.5, 0.6) is 0 Å². The summed E-state index contributed by atoms with van der Waals surface area (Å²) < 4.78 is 28.4. The first-order valence-corrected chi connectivity index (χ1v) is 9.12. The van der Waals surface area contributed by atoms with Gasteiger partial charge in [0.25, 0.3) is 0 Å². The third-order valence-corrected chi connectivity index (χ3v) is 4.64. The second kappa shape index (κ2) is 8.16. The van der Waals surface area contributed by atoms with E-state index < -0.39 is 5.82 Å². The third-order valence-electron chi connectivity index (χ3n) is 4.35. The Morgan fingerprint density at radius 2 is 2.30 bits per heavy atom. The number of rotatable bonds is 7. The number of aryl methyl sites for hydroxylation is 2. The van der Waals surface area contributed by atoms with E-state index in [2.05, 4.69) is 15.1 Å². The Hall–Kier alpha value is -2.29. The van der Waals surface area contributed by atoms with E-state index in [4.69, 9.17) is 21.1 Å². The molecule has 27 heavy (non-hydrogen) atoms. The van der Waals surface area contributed by atoms with Gasteiger partial charge >= 0.3 is 0 Å².